The number of hydrogen-bond donors (Lipinski definition) is 4. The molecule has 0 aromatic rings. The van der Waals surface area contributed by atoms with E-state index in [1.807, 2.05) is 0 Å². The van der Waals surface area contributed by atoms with Crippen LogP contribution in [0.4, 0.5) is 0 Å². The molecule has 0 saturated heterocycles. The second-order valence-corrected chi connectivity index (χ2v) is 3.90. The van der Waals surface area contributed by atoms with E-state index < -0.39 is 0 Å². The molecule has 0 heterocycles. The molecule has 0 unspecified atom stereocenters. The minimum Gasteiger partial charge on any atom is -0.356 e. The Hall–Kier alpha value is -0.360. The normalized spacial score (nSPS) is 9.73. The zero-order valence-corrected chi connectivity index (χ0v) is 10.4. The SMILES string of the molecule is O=C(CCS)NCCCNC(=O)CCS. The minimum atomic E-state index is 0.00619. The lowest BCUT2D eigenvalue weighted by atomic mass is 10.3. The van der Waals surface area contributed by atoms with Crippen LogP contribution in [0.1, 0.15) is 19.3 Å². The highest BCUT2D eigenvalue weighted by Gasteiger charge is 1.99. The smallest absolute Gasteiger partial charge is 0.220 e. The van der Waals surface area contributed by atoms with Gasteiger partial charge >= 0.3 is 0 Å². The van der Waals surface area contributed by atoms with Gasteiger partial charge in [-0.3, -0.25) is 9.59 Å². The van der Waals surface area contributed by atoms with Gasteiger partial charge < -0.3 is 10.6 Å². The average Bonchev–Trinajstić information content (AvgIpc) is 2.18. The molecular weight excluding hydrogens is 232 g/mol. The van der Waals surface area contributed by atoms with Gasteiger partial charge in [-0.2, -0.15) is 25.3 Å². The lowest BCUT2D eigenvalue weighted by Gasteiger charge is -2.05. The Morgan fingerprint density at radius 1 is 0.867 bits per heavy atom. The Bertz CT molecular complexity index is 181. The maximum Gasteiger partial charge on any atom is 0.220 e. The Morgan fingerprint density at radius 2 is 1.27 bits per heavy atom. The summed E-state index contributed by atoms with van der Waals surface area (Å²) >= 11 is 7.90. The van der Waals surface area contributed by atoms with Crippen LogP contribution in [0.2, 0.25) is 0 Å². The van der Waals surface area contributed by atoms with E-state index in [4.69, 9.17) is 0 Å². The number of carbonyl (C=O) groups is 2. The van der Waals surface area contributed by atoms with Gasteiger partial charge in [0.05, 0.1) is 0 Å². The first kappa shape index (κ1) is 14.6. The van der Waals surface area contributed by atoms with Crippen molar-refractivity contribution in [2.45, 2.75) is 19.3 Å². The van der Waals surface area contributed by atoms with Crippen molar-refractivity contribution in [1.29, 1.82) is 0 Å². The van der Waals surface area contributed by atoms with Crippen molar-refractivity contribution in [1.82, 2.24) is 10.6 Å². The maximum atomic E-state index is 11.0. The monoisotopic (exact) mass is 250 g/mol. The minimum absolute atomic E-state index is 0.00619. The zero-order valence-electron chi connectivity index (χ0n) is 8.66. The maximum absolute atomic E-state index is 11.0. The van der Waals surface area contributed by atoms with Crippen LogP contribution in [0, 0.1) is 0 Å². The topological polar surface area (TPSA) is 58.2 Å². The molecule has 0 aliphatic rings. The van der Waals surface area contributed by atoms with Crippen LogP contribution in [0.5, 0.6) is 0 Å². The predicted molar refractivity (Wildman–Crippen MR) is 67.6 cm³/mol. The van der Waals surface area contributed by atoms with Gasteiger partial charge in [0.15, 0.2) is 0 Å². The molecule has 0 rings (SSSR count). The molecule has 0 bridgehead atoms. The van der Waals surface area contributed by atoms with Crippen molar-refractivity contribution in [3.05, 3.63) is 0 Å². The Balaban J connectivity index is 3.24. The number of hydrogen-bond acceptors (Lipinski definition) is 4. The van der Waals surface area contributed by atoms with Gasteiger partial charge in [0.1, 0.15) is 0 Å². The first-order valence-corrected chi connectivity index (χ1v) is 6.22. The number of amides is 2. The number of thiol groups is 2. The highest BCUT2D eigenvalue weighted by atomic mass is 32.1. The molecule has 6 heteroatoms. The van der Waals surface area contributed by atoms with Gasteiger partial charge in [0, 0.05) is 25.9 Å². The largest absolute Gasteiger partial charge is 0.356 e. The summed E-state index contributed by atoms with van der Waals surface area (Å²) in [5, 5.41) is 5.47. The van der Waals surface area contributed by atoms with Gasteiger partial charge in [0.2, 0.25) is 11.8 Å². The van der Waals surface area contributed by atoms with Crippen molar-refractivity contribution in [2.75, 3.05) is 24.6 Å². The Kier molecular flexibility index (Phi) is 9.92. The van der Waals surface area contributed by atoms with Crippen LogP contribution < -0.4 is 10.6 Å². The van der Waals surface area contributed by atoms with Crippen molar-refractivity contribution >= 4 is 37.1 Å². The van der Waals surface area contributed by atoms with E-state index in [1.165, 1.54) is 0 Å². The quantitative estimate of drug-likeness (QED) is 0.369. The van der Waals surface area contributed by atoms with Crippen molar-refractivity contribution in [2.24, 2.45) is 0 Å². The third-order valence-corrected chi connectivity index (χ3v) is 2.12. The fourth-order valence-corrected chi connectivity index (χ4v) is 1.33. The molecule has 0 saturated carbocycles. The summed E-state index contributed by atoms with van der Waals surface area (Å²) < 4.78 is 0. The molecule has 88 valence electrons. The molecule has 4 nitrogen and oxygen atoms in total. The summed E-state index contributed by atoms with van der Waals surface area (Å²) in [6.45, 7) is 1.18. The summed E-state index contributed by atoms with van der Waals surface area (Å²) in [7, 11) is 0. The number of carbonyl (C=O) groups excluding carboxylic acids is 2. The highest BCUT2D eigenvalue weighted by molar-refractivity contribution is 7.80. The summed E-state index contributed by atoms with van der Waals surface area (Å²) in [5.41, 5.74) is 0. The zero-order chi connectivity index (χ0) is 11.5. The highest BCUT2D eigenvalue weighted by Crippen LogP contribution is 1.85. The number of rotatable bonds is 8. The molecular formula is C9H18N2O2S2. The molecule has 0 aliphatic carbocycles. The van der Waals surface area contributed by atoms with E-state index in [0.29, 0.717) is 37.4 Å². The molecule has 0 aliphatic heterocycles. The average molecular weight is 250 g/mol. The van der Waals surface area contributed by atoms with Gasteiger partial charge in [-0.05, 0) is 17.9 Å². The van der Waals surface area contributed by atoms with Crippen LogP contribution >= 0.6 is 25.3 Å². The van der Waals surface area contributed by atoms with E-state index in [1.54, 1.807) is 0 Å². The summed E-state index contributed by atoms with van der Waals surface area (Å²) in [6.07, 6.45) is 1.63. The van der Waals surface area contributed by atoms with Crippen LogP contribution in [-0.2, 0) is 9.59 Å². The van der Waals surface area contributed by atoms with Crippen molar-refractivity contribution < 1.29 is 9.59 Å². The van der Waals surface area contributed by atoms with E-state index >= 15 is 0 Å². The molecule has 0 radical (unpaired) electrons. The van der Waals surface area contributed by atoms with Gasteiger partial charge in [0.25, 0.3) is 0 Å². The summed E-state index contributed by atoms with van der Waals surface area (Å²) in [4.78, 5) is 22.0. The van der Waals surface area contributed by atoms with E-state index in [9.17, 15) is 9.59 Å². The van der Waals surface area contributed by atoms with Crippen molar-refractivity contribution in [3.8, 4) is 0 Å². The van der Waals surface area contributed by atoms with Crippen LogP contribution in [-0.4, -0.2) is 36.4 Å². The molecule has 0 fully saturated rings. The standard InChI is InChI=1S/C9H18N2O2S2/c12-8(2-6-14)10-4-1-5-11-9(13)3-7-15/h14-15H,1-7H2,(H,10,12)(H,11,13). The van der Waals surface area contributed by atoms with Gasteiger partial charge in [-0.15, -0.1) is 0 Å². The Morgan fingerprint density at radius 3 is 1.60 bits per heavy atom. The second kappa shape index (κ2) is 10.2. The lowest BCUT2D eigenvalue weighted by molar-refractivity contribution is -0.121. The molecule has 2 N–H and O–H groups in total. The van der Waals surface area contributed by atoms with Crippen LogP contribution in [0.3, 0.4) is 0 Å². The predicted octanol–water partition coefficient (Wildman–Crippen LogP) is 0.249. The lowest BCUT2D eigenvalue weighted by Crippen LogP contribution is -2.29. The first-order chi connectivity index (χ1) is 7.20. The van der Waals surface area contributed by atoms with Crippen LogP contribution in [0.15, 0.2) is 0 Å². The molecule has 0 atom stereocenters. The second-order valence-electron chi connectivity index (χ2n) is 3.00. The summed E-state index contributed by atoms with van der Waals surface area (Å²) in [5.74, 6) is 1.13. The summed E-state index contributed by atoms with van der Waals surface area (Å²) in [6, 6.07) is 0. The van der Waals surface area contributed by atoms with Crippen LogP contribution in [0.25, 0.3) is 0 Å². The molecule has 0 spiro atoms. The van der Waals surface area contributed by atoms with E-state index in [-0.39, 0.29) is 11.8 Å². The molecule has 2 amide bonds. The van der Waals surface area contributed by atoms with Gasteiger partial charge in [-0.1, -0.05) is 0 Å². The van der Waals surface area contributed by atoms with E-state index in [0.717, 1.165) is 6.42 Å². The molecule has 0 aromatic heterocycles. The Labute approximate surface area is 101 Å². The fourth-order valence-electron chi connectivity index (χ4n) is 0.924. The fraction of sp³-hybridized carbons (Fsp3) is 0.778. The molecule has 0 aromatic carbocycles. The third kappa shape index (κ3) is 9.93. The van der Waals surface area contributed by atoms with Crippen molar-refractivity contribution in [3.63, 3.8) is 0 Å². The first-order valence-electron chi connectivity index (χ1n) is 4.95. The van der Waals surface area contributed by atoms with Gasteiger partial charge in [-0.25, -0.2) is 0 Å². The third-order valence-electron chi connectivity index (χ3n) is 1.68. The molecule has 15 heavy (non-hydrogen) atoms. The van der Waals surface area contributed by atoms with E-state index in [2.05, 4.69) is 35.9 Å². The number of nitrogens with one attached hydrogen (secondary N) is 2.